The molecule has 0 aliphatic heterocycles. The fourth-order valence-electron chi connectivity index (χ4n) is 2.81. The second kappa shape index (κ2) is 8.72. The number of nitrogen functional groups attached to an aromatic ring is 1. The zero-order chi connectivity index (χ0) is 20.0. The van der Waals surface area contributed by atoms with Gasteiger partial charge in [0.25, 0.3) is 0 Å². The van der Waals surface area contributed by atoms with Crippen molar-refractivity contribution in [1.29, 1.82) is 0 Å². The highest BCUT2D eigenvalue weighted by Crippen LogP contribution is 2.26. The zero-order valence-electron chi connectivity index (χ0n) is 15.2. The van der Waals surface area contributed by atoms with Gasteiger partial charge in [-0.15, -0.1) is 0 Å². The van der Waals surface area contributed by atoms with Crippen molar-refractivity contribution in [2.24, 2.45) is 10.6 Å². The lowest BCUT2D eigenvalue weighted by Crippen LogP contribution is -2.34. The lowest BCUT2D eigenvalue weighted by atomic mass is 9.86. The van der Waals surface area contributed by atoms with Gasteiger partial charge in [0, 0.05) is 12.0 Å². The summed E-state index contributed by atoms with van der Waals surface area (Å²) in [5.74, 6) is 0.317. The van der Waals surface area contributed by atoms with Crippen LogP contribution in [0.5, 0.6) is 5.88 Å². The standard InChI is InChI=1S/C18H22N6O4/c19-17-22-15-14(16(23-17)28-8-13-4-2-1-3-5-13)20-12-24(15)7-6-18(10-25,11-26)9-21-27/h1-5,12,25-26H,6-11H2,(H2,19,22,23). The molecule has 0 aliphatic rings. The second-order valence-electron chi connectivity index (χ2n) is 6.62. The van der Waals surface area contributed by atoms with E-state index in [0.29, 0.717) is 30.7 Å². The van der Waals surface area contributed by atoms with Gasteiger partial charge < -0.3 is 25.3 Å². The number of fused-ring (bicyclic) bond motifs is 1. The first kappa shape index (κ1) is 19.6. The van der Waals surface area contributed by atoms with Crippen LogP contribution in [0.25, 0.3) is 11.2 Å². The molecule has 28 heavy (non-hydrogen) atoms. The number of aliphatic hydroxyl groups is 2. The summed E-state index contributed by atoms with van der Waals surface area (Å²) in [6.07, 6.45) is 1.86. The molecule has 2 aromatic heterocycles. The number of aliphatic hydroxyl groups excluding tert-OH is 2. The molecule has 10 heteroatoms. The SMILES string of the molecule is Nc1nc(OCc2ccccc2)c2ncn(CCC(CO)(CO)CN=O)c2n1. The summed E-state index contributed by atoms with van der Waals surface area (Å²) in [6, 6.07) is 9.63. The molecule has 0 saturated carbocycles. The van der Waals surface area contributed by atoms with E-state index in [1.807, 2.05) is 30.3 Å². The molecule has 0 unspecified atom stereocenters. The van der Waals surface area contributed by atoms with E-state index in [9.17, 15) is 15.1 Å². The molecule has 0 radical (unpaired) electrons. The monoisotopic (exact) mass is 386 g/mol. The molecule has 148 valence electrons. The third-order valence-corrected chi connectivity index (χ3v) is 4.62. The molecule has 4 N–H and O–H groups in total. The number of rotatable bonds is 10. The van der Waals surface area contributed by atoms with E-state index in [4.69, 9.17) is 10.5 Å². The van der Waals surface area contributed by atoms with Gasteiger partial charge >= 0.3 is 0 Å². The molecule has 3 aromatic rings. The lowest BCUT2D eigenvalue weighted by Gasteiger charge is -2.26. The summed E-state index contributed by atoms with van der Waals surface area (Å²) in [7, 11) is 0. The highest BCUT2D eigenvalue weighted by molar-refractivity contribution is 5.77. The molecule has 1 aromatic carbocycles. The van der Waals surface area contributed by atoms with E-state index in [-0.39, 0.29) is 31.6 Å². The second-order valence-corrected chi connectivity index (χ2v) is 6.62. The molecule has 0 aliphatic carbocycles. The molecule has 10 nitrogen and oxygen atoms in total. The minimum atomic E-state index is -0.996. The highest BCUT2D eigenvalue weighted by Gasteiger charge is 2.29. The fourth-order valence-corrected chi connectivity index (χ4v) is 2.81. The minimum absolute atomic E-state index is 0.0439. The van der Waals surface area contributed by atoms with Crippen LogP contribution in [0, 0.1) is 10.3 Å². The summed E-state index contributed by atoms with van der Waals surface area (Å²) >= 11 is 0. The van der Waals surface area contributed by atoms with Crippen LogP contribution in [0.3, 0.4) is 0 Å². The number of hydrogen-bond donors (Lipinski definition) is 3. The number of hydrogen-bond acceptors (Lipinski definition) is 9. The highest BCUT2D eigenvalue weighted by atomic mass is 16.5. The molecule has 0 bridgehead atoms. The summed E-state index contributed by atoms with van der Waals surface area (Å²) < 4.78 is 7.50. The fraction of sp³-hybridized carbons (Fsp3) is 0.389. The first-order valence-corrected chi connectivity index (χ1v) is 8.77. The predicted molar refractivity (Wildman–Crippen MR) is 102 cm³/mol. The number of imidazole rings is 1. The summed E-state index contributed by atoms with van der Waals surface area (Å²) in [4.78, 5) is 23.3. The van der Waals surface area contributed by atoms with Gasteiger partial charge in [-0.2, -0.15) is 14.9 Å². The topological polar surface area (TPSA) is 149 Å². The minimum Gasteiger partial charge on any atom is -0.471 e. The van der Waals surface area contributed by atoms with E-state index < -0.39 is 5.41 Å². The first-order valence-electron chi connectivity index (χ1n) is 8.77. The number of anilines is 1. The van der Waals surface area contributed by atoms with E-state index in [1.54, 1.807) is 10.9 Å². The maximum absolute atomic E-state index is 10.6. The van der Waals surface area contributed by atoms with Crippen molar-refractivity contribution in [2.75, 3.05) is 25.5 Å². The van der Waals surface area contributed by atoms with Gasteiger partial charge in [-0.25, -0.2) is 4.98 Å². The Morgan fingerprint density at radius 1 is 1.18 bits per heavy atom. The number of aryl methyl sites for hydroxylation is 1. The molecule has 0 spiro atoms. The Morgan fingerprint density at radius 3 is 2.61 bits per heavy atom. The number of aromatic nitrogens is 4. The number of ether oxygens (including phenoxy) is 1. The average Bonchev–Trinajstić information content (AvgIpc) is 3.13. The Hall–Kier alpha value is -3.11. The Labute approximate surface area is 161 Å². The van der Waals surface area contributed by atoms with Crippen molar-refractivity contribution >= 4 is 17.1 Å². The molecule has 0 fully saturated rings. The number of nitrogens with two attached hydrogens (primary N) is 1. The molecule has 2 heterocycles. The molecule has 0 saturated heterocycles. The van der Waals surface area contributed by atoms with E-state index in [1.165, 1.54) is 0 Å². The first-order chi connectivity index (χ1) is 13.6. The van der Waals surface area contributed by atoms with Crippen molar-refractivity contribution in [3.8, 4) is 5.88 Å². The predicted octanol–water partition coefficient (Wildman–Crippen LogP) is 1.11. The van der Waals surface area contributed by atoms with Crippen LogP contribution < -0.4 is 10.5 Å². The van der Waals surface area contributed by atoms with Crippen LogP contribution >= 0.6 is 0 Å². The van der Waals surface area contributed by atoms with Crippen molar-refractivity contribution in [1.82, 2.24) is 19.5 Å². The van der Waals surface area contributed by atoms with E-state index in [0.717, 1.165) is 5.56 Å². The van der Waals surface area contributed by atoms with Crippen molar-refractivity contribution in [2.45, 2.75) is 19.6 Å². The van der Waals surface area contributed by atoms with Crippen molar-refractivity contribution < 1.29 is 14.9 Å². The Morgan fingerprint density at radius 2 is 1.93 bits per heavy atom. The smallest absolute Gasteiger partial charge is 0.247 e. The Balaban J connectivity index is 1.82. The van der Waals surface area contributed by atoms with Gasteiger partial charge in [0.15, 0.2) is 11.2 Å². The number of benzene rings is 1. The number of nitrogens with zero attached hydrogens (tertiary/aromatic N) is 5. The molecule has 0 amide bonds. The summed E-state index contributed by atoms with van der Waals surface area (Å²) in [5.41, 5.74) is 6.73. The quantitative estimate of drug-likeness (QED) is 0.439. The van der Waals surface area contributed by atoms with Crippen LogP contribution in [0.15, 0.2) is 41.8 Å². The van der Waals surface area contributed by atoms with Gasteiger partial charge in [-0.1, -0.05) is 35.5 Å². The summed E-state index contributed by atoms with van der Waals surface area (Å²) in [5, 5.41) is 22.0. The van der Waals surface area contributed by atoms with Crippen LogP contribution in [0.4, 0.5) is 5.95 Å². The third kappa shape index (κ3) is 4.24. The van der Waals surface area contributed by atoms with Crippen LogP contribution in [0.1, 0.15) is 12.0 Å². The Bertz CT molecular complexity index is 926. The average molecular weight is 386 g/mol. The third-order valence-electron chi connectivity index (χ3n) is 4.62. The van der Waals surface area contributed by atoms with Gasteiger partial charge in [0.2, 0.25) is 11.8 Å². The van der Waals surface area contributed by atoms with Crippen LogP contribution in [0.2, 0.25) is 0 Å². The maximum atomic E-state index is 10.6. The molecule has 3 rings (SSSR count). The van der Waals surface area contributed by atoms with Gasteiger partial charge in [0.1, 0.15) is 6.61 Å². The van der Waals surface area contributed by atoms with E-state index >= 15 is 0 Å². The zero-order valence-corrected chi connectivity index (χ0v) is 15.2. The molecular formula is C18H22N6O4. The van der Waals surface area contributed by atoms with E-state index in [2.05, 4.69) is 20.1 Å². The largest absolute Gasteiger partial charge is 0.471 e. The summed E-state index contributed by atoms with van der Waals surface area (Å²) in [6.45, 7) is -0.242. The van der Waals surface area contributed by atoms with Gasteiger partial charge in [0.05, 0.1) is 26.1 Å². The van der Waals surface area contributed by atoms with Crippen molar-refractivity contribution in [3.63, 3.8) is 0 Å². The van der Waals surface area contributed by atoms with Gasteiger partial charge in [-0.3, -0.25) is 0 Å². The Kier molecular flexibility index (Phi) is 6.12. The van der Waals surface area contributed by atoms with Crippen LogP contribution in [-0.2, 0) is 13.2 Å². The molecular weight excluding hydrogens is 364 g/mol. The van der Waals surface area contributed by atoms with Gasteiger partial charge in [-0.05, 0) is 12.0 Å². The normalized spacial score (nSPS) is 11.6. The molecule has 0 atom stereocenters. The maximum Gasteiger partial charge on any atom is 0.247 e. The number of nitroso groups, excluding NO2 is 1. The van der Waals surface area contributed by atoms with Crippen LogP contribution in [-0.4, -0.2) is 49.5 Å². The van der Waals surface area contributed by atoms with Crippen molar-refractivity contribution in [3.05, 3.63) is 47.1 Å². The lowest BCUT2D eigenvalue weighted by molar-refractivity contribution is 0.0510.